The Hall–Kier alpha value is -2.03. The van der Waals surface area contributed by atoms with E-state index in [0.717, 1.165) is 12.0 Å². The number of ether oxygens (including phenoxy) is 2. The quantitative estimate of drug-likeness (QED) is 0.351. The Morgan fingerprint density at radius 1 is 1.08 bits per heavy atom. The first-order chi connectivity index (χ1) is 12.1. The van der Waals surface area contributed by atoms with Gasteiger partial charge in [0.15, 0.2) is 17.5 Å². The van der Waals surface area contributed by atoms with Gasteiger partial charge in [-0.15, -0.1) is 24.0 Å². The Kier molecular flexibility index (Phi) is 9.79. The van der Waals surface area contributed by atoms with E-state index in [9.17, 15) is 4.39 Å². The van der Waals surface area contributed by atoms with Crippen LogP contribution in [-0.2, 0) is 12.8 Å². The van der Waals surface area contributed by atoms with Crippen LogP contribution in [0.2, 0.25) is 0 Å². The monoisotopic (exact) mass is 473 g/mol. The normalized spacial score (nSPS) is 10.8. The van der Waals surface area contributed by atoms with Gasteiger partial charge in [0, 0.05) is 13.1 Å². The number of halogens is 2. The molecule has 0 aliphatic heterocycles. The maximum Gasteiger partial charge on any atom is 0.188 e. The van der Waals surface area contributed by atoms with Crippen molar-refractivity contribution >= 4 is 29.9 Å². The third-order valence-corrected chi connectivity index (χ3v) is 3.79. The summed E-state index contributed by atoms with van der Waals surface area (Å²) < 4.78 is 24.0. The molecule has 2 aromatic carbocycles. The first kappa shape index (κ1) is 22.0. The molecule has 0 aliphatic carbocycles. The van der Waals surface area contributed by atoms with Crippen LogP contribution in [0, 0.1) is 5.82 Å². The summed E-state index contributed by atoms with van der Waals surface area (Å²) in [4.78, 5) is 4.22. The average Bonchev–Trinajstić information content (AvgIpc) is 2.63. The minimum Gasteiger partial charge on any atom is -0.493 e. The molecule has 0 saturated carbocycles. The molecular weight excluding hydrogens is 448 g/mol. The first-order valence-corrected chi connectivity index (χ1v) is 8.12. The molecule has 0 heterocycles. The van der Waals surface area contributed by atoms with E-state index < -0.39 is 0 Å². The molecule has 0 radical (unpaired) electrons. The lowest BCUT2D eigenvalue weighted by Crippen LogP contribution is -2.33. The highest BCUT2D eigenvalue weighted by molar-refractivity contribution is 14.0. The molecule has 0 spiro atoms. The number of rotatable bonds is 8. The van der Waals surface area contributed by atoms with Gasteiger partial charge >= 0.3 is 0 Å². The van der Waals surface area contributed by atoms with E-state index in [2.05, 4.69) is 10.3 Å². The number of hydrogen-bond donors (Lipinski definition) is 2. The molecule has 26 heavy (non-hydrogen) atoms. The van der Waals surface area contributed by atoms with E-state index in [1.807, 2.05) is 24.3 Å². The predicted molar refractivity (Wildman–Crippen MR) is 113 cm³/mol. The largest absolute Gasteiger partial charge is 0.493 e. The third kappa shape index (κ3) is 6.70. The summed E-state index contributed by atoms with van der Waals surface area (Å²) in [6, 6.07) is 12.5. The lowest BCUT2D eigenvalue weighted by molar-refractivity contribution is 0.354. The second kappa shape index (κ2) is 11.6. The van der Waals surface area contributed by atoms with E-state index in [1.165, 1.54) is 6.07 Å². The van der Waals surface area contributed by atoms with Crippen molar-refractivity contribution in [2.75, 3.05) is 27.3 Å². The molecule has 0 aromatic heterocycles. The van der Waals surface area contributed by atoms with Crippen molar-refractivity contribution in [2.24, 2.45) is 10.7 Å². The van der Waals surface area contributed by atoms with Crippen LogP contribution in [0.3, 0.4) is 0 Å². The number of guanidine groups is 1. The predicted octanol–water partition coefficient (Wildman–Crippen LogP) is 3.15. The number of aliphatic imine (C=N–C) groups is 1. The molecule has 0 bridgehead atoms. The van der Waals surface area contributed by atoms with E-state index >= 15 is 0 Å². The summed E-state index contributed by atoms with van der Waals surface area (Å²) in [5, 5.41) is 3.06. The minimum atomic E-state index is -0.210. The van der Waals surface area contributed by atoms with E-state index in [4.69, 9.17) is 15.2 Å². The van der Waals surface area contributed by atoms with Crippen molar-refractivity contribution in [3.63, 3.8) is 0 Å². The second-order valence-corrected chi connectivity index (χ2v) is 5.47. The molecule has 0 amide bonds. The Balaban J connectivity index is 0.00000338. The van der Waals surface area contributed by atoms with Crippen LogP contribution in [0.4, 0.5) is 4.39 Å². The number of nitrogens with zero attached hydrogens (tertiary/aromatic N) is 1. The van der Waals surface area contributed by atoms with Gasteiger partial charge in [0.05, 0.1) is 14.2 Å². The van der Waals surface area contributed by atoms with Crippen LogP contribution in [0.1, 0.15) is 11.1 Å². The number of nitrogens with two attached hydrogens (primary N) is 1. The Morgan fingerprint density at radius 2 is 1.81 bits per heavy atom. The van der Waals surface area contributed by atoms with Gasteiger partial charge in [-0.1, -0.05) is 24.3 Å². The third-order valence-electron chi connectivity index (χ3n) is 3.79. The van der Waals surface area contributed by atoms with Crippen molar-refractivity contribution in [1.29, 1.82) is 0 Å². The summed E-state index contributed by atoms with van der Waals surface area (Å²) in [5.41, 5.74) is 7.59. The maximum atomic E-state index is 13.5. The van der Waals surface area contributed by atoms with Gasteiger partial charge in [0.25, 0.3) is 0 Å². The molecule has 3 N–H and O–H groups in total. The number of methoxy groups -OCH3 is 2. The Morgan fingerprint density at radius 3 is 2.50 bits per heavy atom. The molecular formula is C19H25FIN3O2. The van der Waals surface area contributed by atoms with Crippen molar-refractivity contribution < 1.29 is 13.9 Å². The molecule has 0 unspecified atom stereocenters. The summed E-state index contributed by atoms with van der Waals surface area (Å²) in [7, 11) is 3.22. The summed E-state index contributed by atoms with van der Waals surface area (Å²) in [6.07, 6.45) is 1.29. The van der Waals surface area contributed by atoms with Crippen LogP contribution in [0.15, 0.2) is 47.5 Å². The fraction of sp³-hybridized carbons (Fsp3) is 0.316. The van der Waals surface area contributed by atoms with E-state index in [0.29, 0.717) is 42.5 Å². The molecule has 0 aliphatic rings. The Bertz CT molecular complexity index is 726. The molecule has 2 aromatic rings. The molecule has 0 saturated heterocycles. The van der Waals surface area contributed by atoms with Gasteiger partial charge in [-0.2, -0.15) is 0 Å². The minimum absolute atomic E-state index is 0. The van der Waals surface area contributed by atoms with Gasteiger partial charge in [0.1, 0.15) is 5.82 Å². The smallest absolute Gasteiger partial charge is 0.188 e. The van der Waals surface area contributed by atoms with Crippen LogP contribution < -0.4 is 20.5 Å². The average molecular weight is 473 g/mol. The molecule has 0 atom stereocenters. The summed E-state index contributed by atoms with van der Waals surface area (Å²) >= 11 is 0. The van der Waals surface area contributed by atoms with Gasteiger partial charge in [-0.25, -0.2) is 4.39 Å². The zero-order valence-electron chi connectivity index (χ0n) is 15.0. The van der Waals surface area contributed by atoms with Crippen molar-refractivity contribution in [2.45, 2.75) is 12.8 Å². The van der Waals surface area contributed by atoms with Crippen molar-refractivity contribution in [1.82, 2.24) is 5.32 Å². The highest BCUT2D eigenvalue weighted by Gasteiger charge is 2.04. The number of benzene rings is 2. The van der Waals surface area contributed by atoms with Crippen molar-refractivity contribution in [3.8, 4) is 11.5 Å². The van der Waals surface area contributed by atoms with E-state index in [-0.39, 0.29) is 29.8 Å². The lowest BCUT2D eigenvalue weighted by atomic mass is 10.1. The van der Waals surface area contributed by atoms with Crippen LogP contribution in [0.25, 0.3) is 0 Å². The fourth-order valence-electron chi connectivity index (χ4n) is 2.42. The highest BCUT2D eigenvalue weighted by Crippen LogP contribution is 2.27. The summed E-state index contributed by atoms with van der Waals surface area (Å²) in [5.74, 6) is 1.55. The lowest BCUT2D eigenvalue weighted by Gasteiger charge is -2.10. The zero-order chi connectivity index (χ0) is 18.1. The molecule has 142 valence electrons. The van der Waals surface area contributed by atoms with Crippen LogP contribution in [-0.4, -0.2) is 33.3 Å². The number of hydrogen-bond acceptors (Lipinski definition) is 3. The molecule has 7 heteroatoms. The first-order valence-electron chi connectivity index (χ1n) is 8.12. The van der Waals surface area contributed by atoms with Gasteiger partial charge in [-0.05, 0) is 42.2 Å². The fourth-order valence-corrected chi connectivity index (χ4v) is 2.42. The van der Waals surface area contributed by atoms with Gasteiger partial charge < -0.3 is 20.5 Å². The van der Waals surface area contributed by atoms with Crippen molar-refractivity contribution in [3.05, 3.63) is 59.4 Å². The standard InChI is InChI=1S/C19H24FN3O2.HI/c1-24-17-8-7-14(13-18(17)25-2)9-11-22-19(21)23-12-10-15-5-3-4-6-16(15)20;/h3-8,13H,9-12H2,1-2H3,(H3,21,22,23);1H. The zero-order valence-corrected chi connectivity index (χ0v) is 17.3. The second-order valence-electron chi connectivity index (χ2n) is 5.47. The van der Waals surface area contributed by atoms with Crippen LogP contribution >= 0.6 is 24.0 Å². The molecule has 0 fully saturated rings. The van der Waals surface area contributed by atoms with Gasteiger partial charge in [-0.3, -0.25) is 4.99 Å². The Labute approximate surface area is 170 Å². The molecule has 5 nitrogen and oxygen atoms in total. The topological polar surface area (TPSA) is 68.9 Å². The number of nitrogens with one attached hydrogen (secondary N) is 1. The van der Waals surface area contributed by atoms with E-state index in [1.54, 1.807) is 26.4 Å². The molecule has 2 rings (SSSR count). The SMILES string of the molecule is COc1ccc(CCNC(N)=NCCc2ccccc2F)cc1OC.I. The maximum absolute atomic E-state index is 13.5. The highest BCUT2D eigenvalue weighted by atomic mass is 127. The van der Waals surface area contributed by atoms with Crippen LogP contribution in [0.5, 0.6) is 11.5 Å². The summed E-state index contributed by atoms with van der Waals surface area (Å²) in [6.45, 7) is 1.08. The van der Waals surface area contributed by atoms with Gasteiger partial charge in [0.2, 0.25) is 0 Å².